The molecule has 2 amide bonds. The van der Waals surface area contributed by atoms with Crippen molar-refractivity contribution in [3.63, 3.8) is 0 Å². The van der Waals surface area contributed by atoms with Crippen LogP contribution in [0.1, 0.15) is 29.9 Å². The van der Waals surface area contributed by atoms with Crippen molar-refractivity contribution in [1.29, 1.82) is 0 Å². The number of alkyl carbamates (subject to hydrolysis) is 1. The van der Waals surface area contributed by atoms with Gasteiger partial charge in [-0.1, -0.05) is 48.5 Å². The maximum Gasteiger partial charge on any atom is 0.409 e. The van der Waals surface area contributed by atoms with E-state index >= 15 is 0 Å². The smallest absolute Gasteiger partial charge is 0.409 e. The molecule has 1 heterocycles. The Labute approximate surface area is 198 Å². The van der Waals surface area contributed by atoms with Gasteiger partial charge < -0.3 is 25.2 Å². The molecule has 0 bridgehead atoms. The Kier molecular flexibility index (Phi) is 6.70. The first kappa shape index (κ1) is 24.5. The minimum atomic E-state index is -4.99. The molecule has 0 aromatic heterocycles. The number of benzene rings is 2. The molecular formula is C24H23F3N2O6. The van der Waals surface area contributed by atoms with Crippen molar-refractivity contribution >= 4 is 18.0 Å². The van der Waals surface area contributed by atoms with Gasteiger partial charge in [-0.25, -0.2) is 9.59 Å². The third-order valence-corrected chi connectivity index (χ3v) is 6.29. The van der Waals surface area contributed by atoms with Crippen LogP contribution in [0.2, 0.25) is 0 Å². The molecule has 8 nitrogen and oxygen atoms in total. The quantitative estimate of drug-likeness (QED) is 0.571. The highest BCUT2D eigenvalue weighted by molar-refractivity contribution is 5.85. The lowest BCUT2D eigenvalue weighted by Crippen LogP contribution is -2.50. The van der Waals surface area contributed by atoms with Crippen molar-refractivity contribution in [3.05, 3.63) is 59.7 Å². The Morgan fingerprint density at radius 2 is 1.63 bits per heavy atom. The van der Waals surface area contributed by atoms with Crippen molar-refractivity contribution in [2.24, 2.45) is 0 Å². The van der Waals surface area contributed by atoms with Gasteiger partial charge in [-0.15, -0.1) is 0 Å². The maximum atomic E-state index is 13.6. The summed E-state index contributed by atoms with van der Waals surface area (Å²) in [6, 6.07) is 10.9. The van der Waals surface area contributed by atoms with Gasteiger partial charge in [0.05, 0.1) is 12.5 Å². The van der Waals surface area contributed by atoms with Crippen molar-refractivity contribution in [2.45, 2.75) is 43.1 Å². The first-order chi connectivity index (χ1) is 16.6. The Balaban J connectivity index is 1.42. The second-order valence-corrected chi connectivity index (χ2v) is 8.56. The number of rotatable bonds is 6. The number of alkyl halides is 3. The third-order valence-electron chi connectivity index (χ3n) is 6.29. The van der Waals surface area contributed by atoms with Crippen molar-refractivity contribution < 1.29 is 42.5 Å². The van der Waals surface area contributed by atoms with E-state index < -0.39 is 55.3 Å². The zero-order chi connectivity index (χ0) is 25.3. The van der Waals surface area contributed by atoms with Gasteiger partial charge in [-0.2, -0.15) is 13.2 Å². The number of carboxylic acid groups (broad SMARTS) is 1. The first-order valence-corrected chi connectivity index (χ1v) is 10.9. The molecule has 2 unspecified atom stereocenters. The number of aliphatic hydroxyl groups excluding tert-OH is 1. The van der Waals surface area contributed by atoms with Crippen LogP contribution in [0.25, 0.3) is 11.1 Å². The van der Waals surface area contributed by atoms with Gasteiger partial charge in [0.2, 0.25) is 5.91 Å². The second-order valence-electron chi connectivity index (χ2n) is 8.56. The van der Waals surface area contributed by atoms with Crippen LogP contribution in [-0.4, -0.2) is 70.6 Å². The van der Waals surface area contributed by atoms with E-state index in [0.717, 1.165) is 22.3 Å². The Morgan fingerprint density at radius 1 is 1.06 bits per heavy atom. The number of nitrogens with zero attached hydrogens (tertiary/aromatic N) is 1. The van der Waals surface area contributed by atoms with Gasteiger partial charge in [-0.3, -0.25) is 4.79 Å². The molecule has 1 aliphatic carbocycles. The molecule has 0 spiro atoms. The molecule has 2 aliphatic rings. The summed E-state index contributed by atoms with van der Waals surface area (Å²) >= 11 is 0. The Bertz CT molecular complexity index is 1090. The summed E-state index contributed by atoms with van der Waals surface area (Å²) in [7, 11) is 0. The topological polar surface area (TPSA) is 116 Å². The number of ether oxygens (including phenoxy) is 1. The fourth-order valence-electron chi connectivity index (χ4n) is 4.65. The number of carbonyl (C=O) groups is 3. The van der Waals surface area contributed by atoms with E-state index in [-0.39, 0.29) is 18.9 Å². The molecule has 1 aliphatic heterocycles. The number of fused-ring (bicyclic) bond motifs is 3. The standard InChI is InChI=1S/C24H23F3N2O6/c25-24(26,27)20(10-21(31)29-11-13(30)9-19(29)22(32)33)28-23(34)35-12-18-16-7-3-1-5-14(16)15-6-2-4-8-17(15)18/h1-8,13,18-20,30H,9-12H2,(H,28,34)(H,32,33)/t13?,19-,20?/m0/s1. The molecule has 2 aromatic carbocycles. The summed E-state index contributed by atoms with van der Waals surface area (Å²) in [5.41, 5.74) is 3.68. The lowest BCUT2D eigenvalue weighted by molar-refractivity contribution is -0.165. The maximum absolute atomic E-state index is 13.6. The van der Waals surface area contributed by atoms with Gasteiger partial charge in [0.1, 0.15) is 18.7 Å². The minimum Gasteiger partial charge on any atom is -0.480 e. The van der Waals surface area contributed by atoms with Gasteiger partial charge in [0.15, 0.2) is 0 Å². The second kappa shape index (κ2) is 9.57. The van der Waals surface area contributed by atoms with Crippen LogP contribution in [0, 0.1) is 0 Å². The van der Waals surface area contributed by atoms with E-state index in [1.807, 2.05) is 48.5 Å². The summed E-state index contributed by atoms with van der Waals surface area (Å²) in [5, 5.41) is 20.5. The van der Waals surface area contributed by atoms with E-state index in [2.05, 4.69) is 0 Å². The third kappa shape index (κ3) is 5.09. The Morgan fingerprint density at radius 3 is 2.17 bits per heavy atom. The molecule has 3 N–H and O–H groups in total. The molecule has 11 heteroatoms. The molecule has 1 saturated heterocycles. The van der Waals surface area contributed by atoms with Crippen LogP contribution >= 0.6 is 0 Å². The number of likely N-dealkylation sites (tertiary alicyclic amines) is 1. The number of hydrogen-bond donors (Lipinski definition) is 3. The zero-order valence-electron chi connectivity index (χ0n) is 18.4. The average Bonchev–Trinajstić information content (AvgIpc) is 3.35. The largest absolute Gasteiger partial charge is 0.480 e. The summed E-state index contributed by atoms with van der Waals surface area (Å²) < 4.78 is 45.9. The molecule has 1 fully saturated rings. The van der Waals surface area contributed by atoms with Crippen LogP contribution in [0.15, 0.2) is 48.5 Å². The van der Waals surface area contributed by atoms with Crippen molar-refractivity contribution in [2.75, 3.05) is 13.2 Å². The number of nitrogens with one attached hydrogen (secondary N) is 1. The predicted octanol–water partition coefficient (Wildman–Crippen LogP) is 2.89. The van der Waals surface area contributed by atoms with Crippen LogP contribution in [0.4, 0.5) is 18.0 Å². The number of aliphatic carboxylic acids is 1. The molecule has 0 saturated carbocycles. The number of β-amino-alcohol motifs (C(OH)–C–C–N with tert-alkyl or cyclic N) is 1. The summed E-state index contributed by atoms with van der Waals surface area (Å²) in [6.45, 7) is -0.608. The molecular weight excluding hydrogens is 469 g/mol. The summed E-state index contributed by atoms with van der Waals surface area (Å²) in [4.78, 5) is 36.7. The number of halogens is 3. The lowest BCUT2D eigenvalue weighted by Gasteiger charge is -2.26. The lowest BCUT2D eigenvalue weighted by atomic mass is 9.98. The van der Waals surface area contributed by atoms with E-state index in [1.165, 1.54) is 0 Å². The van der Waals surface area contributed by atoms with Crippen LogP contribution in [0.3, 0.4) is 0 Å². The average molecular weight is 492 g/mol. The van der Waals surface area contributed by atoms with Gasteiger partial charge in [0.25, 0.3) is 0 Å². The number of carbonyl (C=O) groups excluding carboxylic acids is 2. The predicted molar refractivity (Wildman–Crippen MR) is 116 cm³/mol. The van der Waals surface area contributed by atoms with E-state index in [1.54, 1.807) is 5.32 Å². The van der Waals surface area contributed by atoms with E-state index in [4.69, 9.17) is 4.74 Å². The molecule has 2 aromatic rings. The number of amides is 2. The van der Waals surface area contributed by atoms with Gasteiger partial charge in [-0.05, 0) is 22.3 Å². The number of aliphatic hydroxyl groups is 1. The monoisotopic (exact) mass is 492 g/mol. The first-order valence-electron chi connectivity index (χ1n) is 10.9. The van der Waals surface area contributed by atoms with Gasteiger partial charge in [0, 0.05) is 18.9 Å². The highest BCUT2D eigenvalue weighted by Crippen LogP contribution is 2.44. The van der Waals surface area contributed by atoms with Gasteiger partial charge >= 0.3 is 18.2 Å². The number of carboxylic acids is 1. The van der Waals surface area contributed by atoms with Crippen molar-refractivity contribution in [3.8, 4) is 11.1 Å². The molecule has 186 valence electrons. The van der Waals surface area contributed by atoms with Crippen LogP contribution < -0.4 is 5.32 Å². The van der Waals surface area contributed by atoms with E-state index in [0.29, 0.717) is 4.90 Å². The highest BCUT2D eigenvalue weighted by Gasteiger charge is 2.46. The van der Waals surface area contributed by atoms with Crippen LogP contribution in [0.5, 0.6) is 0 Å². The normalized spacial score (nSPS) is 20.2. The Hall–Kier alpha value is -3.60. The summed E-state index contributed by atoms with van der Waals surface area (Å²) in [6.07, 6.45) is -8.99. The molecule has 4 rings (SSSR count). The number of hydrogen-bond acceptors (Lipinski definition) is 5. The SMILES string of the molecule is O=C(NC(CC(=O)N1CC(O)C[C@H]1C(=O)O)C(F)(F)F)OCC1c2ccccc2-c2ccccc21. The van der Waals surface area contributed by atoms with Crippen LogP contribution in [-0.2, 0) is 14.3 Å². The highest BCUT2D eigenvalue weighted by atomic mass is 19.4. The zero-order valence-corrected chi connectivity index (χ0v) is 18.4. The van der Waals surface area contributed by atoms with Crippen molar-refractivity contribution in [1.82, 2.24) is 10.2 Å². The van der Waals surface area contributed by atoms with E-state index in [9.17, 15) is 37.8 Å². The summed E-state index contributed by atoms with van der Waals surface area (Å²) in [5.74, 6) is -2.93. The fraction of sp³-hybridized carbons (Fsp3) is 0.375. The molecule has 0 radical (unpaired) electrons. The molecule has 3 atom stereocenters. The minimum absolute atomic E-state index is 0.211. The molecule has 35 heavy (non-hydrogen) atoms. The fourth-order valence-corrected chi connectivity index (χ4v) is 4.65.